The van der Waals surface area contributed by atoms with Crippen LogP contribution in [0.2, 0.25) is 0 Å². The third-order valence-corrected chi connectivity index (χ3v) is 13.1. The van der Waals surface area contributed by atoms with Crippen molar-refractivity contribution in [2.75, 3.05) is 13.2 Å². The van der Waals surface area contributed by atoms with E-state index < -0.39 is 6.10 Å². The zero-order valence-corrected chi connectivity index (χ0v) is 49.9. The average molecular weight is 1070 g/mol. The molecular weight excluding hydrogens is 949 g/mol. The van der Waals surface area contributed by atoms with E-state index in [1.165, 1.54) is 116 Å². The summed E-state index contributed by atoms with van der Waals surface area (Å²) in [6.45, 7) is 6.35. The first-order chi connectivity index (χ1) is 38.0. The molecule has 0 aliphatic carbocycles. The number of ether oxygens (including phenoxy) is 3. The average Bonchev–Trinajstić information content (AvgIpc) is 3.43. The van der Waals surface area contributed by atoms with Gasteiger partial charge in [0.25, 0.3) is 0 Å². The fourth-order valence-electron chi connectivity index (χ4n) is 8.44. The van der Waals surface area contributed by atoms with Crippen molar-refractivity contribution in [3.8, 4) is 0 Å². The van der Waals surface area contributed by atoms with Crippen LogP contribution in [0.4, 0.5) is 0 Å². The van der Waals surface area contributed by atoms with Crippen molar-refractivity contribution in [3.63, 3.8) is 0 Å². The Balaban J connectivity index is 4.49. The molecule has 0 aromatic carbocycles. The van der Waals surface area contributed by atoms with Crippen LogP contribution in [-0.4, -0.2) is 37.2 Å². The standard InChI is InChI=1S/C71H116O6/c1-4-7-10-13-16-19-22-25-28-31-33-34-35-36-38-40-43-46-49-52-55-58-61-64-70(73)76-67-68(66-75-69(72)63-60-57-54-51-48-45-42-39-30-27-24-21-18-15-12-9-6-3)77-71(74)65-62-59-56-53-50-47-44-41-37-32-29-26-23-20-17-14-11-8-5-2/h8-9,11-12,17-18,20-21,26-27,29-31,33,37,41-42,45,47,50-51,54,68H,4-7,10,13-16,19,22-25,28,32,34-36,38-40,43-44,46,48-49,52-53,55-67H2,1-3H3/b11-8-,12-9-,20-17-,21-18-,29-26-,30-27-,33-31-,41-37-,45-42-,50-47-,54-51-. The minimum atomic E-state index is -0.825. The Morgan fingerprint density at radius 1 is 0.273 bits per heavy atom. The zero-order chi connectivity index (χ0) is 55.7. The lowest BCUT2D eigenvalue weighted by atomic mass is 10.0. The maximum Gasteiger partial charge on any atom is 0.306 e. The summed E-state index contributed by atoms with van der Waals surface area (Å²) in [4.78, 5) is 38.3. The molecule has 6 nitrogen and oxygen atoms in total. The lowest BCUT2D eigenvalue weighted by molar-refractivity contribution is -0.167. The predicted molar refractivity (Wildman–Crippen MR) is 334 cm³/mol. The third-order valence-electron chi connectivity index (χ3n) is 13.1. The molecule has 0 fully saturated rings. The van der Waals surface area contributed by atoms with E-state index in [1.54, 1.807) is 0 Å². The van der Waals surface area contributed by atoms with E-state index in [0.717, 1.165) is 109 Å². The summed E-state index contributed by atoms with van der Waals surface area (Å²) < 4.78 is 16.8. The Kier molecular flexibility index (Phi) is 60.4. The summed E-state index contributed by atoms with van der Waals surface area (Å²) in [6.07, 6.45) is 90.3. The lowest BCUT2D eigenvalue weighted by Gasteiger charge is -2.18. The molecule has 436 valence electrons. The first-order valence-electron chi connectivity index (χ1n) is 31.7. The number of allylic oxidation sites excluding steroid dienone is 22. The Labute approximate surface area is 475 Å². The maximum atomic E-state index is 12.9. The SMILES string of the molecule is CC/C=C\C/C=C\C/C=C\C/C=C\C/C=C\CCCCCC(=O)OC(COC(=O)CCC/C=C\C/C=C\C/C=C\C/C=C\C/C=C\CC)COC(=O)CCCCCCCCCCCCC/C=C\CCCCCCCCCC. The number of carbonyl (C=O) groups excluding carboxylic acids is 3. The van der Waals surface area contributed by atoms with Crippen LogP contribution in [0.3, 0.4) is 0 Å². The van der Waals surface area contributed by atoms with E-state index in [0.29, 0.717) is 19.3 Å². The van der Waals surface area contributed by atoms with E-state index in [4.69, 9.17) is 14.2 Å². The van der Waals surface area contributed by atoms with Gasteiger partial charge in [-0.15, -0.1) is 0 Å². The number of esters is 3. The molecule has 77 heavy (non-hydrogen) atoms. The van der Waals surface area contributed by atoms with Crippen LogP contribution < -0.4 is 0 Å². The molecule has 0 rings (SSSR count). The molecule has 0 spiro atoms. The van der Waals surface area contributed by atoms with E-state index in [-0.39, 0.29) is 44.0 Å². The Morgan fingerprint density at radius 3 is 0.870 bits per heavy atom. The molecule has 0 N–H and O–H groups in total. The summed E-state index contributed by atoms with van der Waals surface area (Å²) in [5.41, 5.74) is 0. The molecule has 6 heteroatoms. The predicted octanol–water partition coefficient (Wildman–Crippen LogP) is 21.8. The van der Waals surface area contributed by atoms with Crippen LogP contribution in [0.1, 0.15) is 278 Å². The van der Waals surface area contributed by atoms with Gasteiger partial charge in [-0.05, 0) is 128 Å². The van der Waals surface area contributed by atoms with Gasteiger partial charge >= 0.3 is 17.9 Å². The molecule has 0 heterocycles. The summed E-state index contributed by atoms with van der Waals surface area (Å²) in [5.74, 6) is -1.01. The Hall–Kier alpha value is -4.45. The second-order valence-corrected chi connectivity index (χ2v) is 20.5. The van der Waals surface area contributed by atoms with Crippen molar-refractivity contribution < 1.29 is 28.6 Å². The molecule has 0 aliphatic heterocycles. The molecule has 0 amide bonds. The normalized spacial score (nSPS) is 13.0. The minimum Gasteiger partial charge on any atom is -0.462 e. The van der Waals surface area contributed by atoms with E-state index in [2.05, 4.69) is 154 Å². The second-order valence-electron chi connectivity index (χ2n) is 20.5. The Bertz CT molecular complexity index is 1650. The smallest absolute Gasteiger partial charge is 0.306 e. The molecule has 0 aromatic rings. The highest BCUT2D eigenvalue weighted by Crippen LogP contribution is 2.15. The monoisotopic (exact) mass is 1060 g/mol. The van der Waals surface area contributed by atoms with Crippen molar-refractivity contribution >= 4 is 17.9 Å². The number of hydrogen-bond acceptors (Lipinski definition) is 6. The van der Waals surface area contributed by atoms with Crippen molar-refractivity contribution in [2.45, 2.75) is 284 Å². The van der Waals surface area contributed by atoms with Gasteiger partial charge in [0.1, 0.15) is 13.2 Å². The highest BCUT2D eigenvalue weighted by molar-refractivity contribution is 5.71. The summed E-state index contributed by atoms with van der Waals surface area (Å²) >= 11 is 0. The van der Waals surface area contributed by atoms with Gasteiger partial charge < -0.3 is 14.2 Å². The van der Waals surface area contributed by atoms with Gasteiger partial charge in [-0.1, -0.05) is 264 Å². The van der Waals surface area contributed by atoms with E-state index in [1.807, 2.05) is 0 Å². The largest absolute Gasteiger partial charge is 0.462 e. The minimum absolute atomic E-state index is 0.113. The molecule has 1 atom stereocenters. The summed E-state index contributed by atoms with van der Waals surface area (Å²) in [7, 11) is 0. The Morgan fingerprint density at radius 2 is 0.519 bits per heavy atom. The summed E-state index contributed by atoms with van der Waals surface area (Å²) in [6, 6.07) is 0. The maximum absolute atomic E-state index is 12.9. The van der Waals surface area contributed by atoms with E-state index in [9.17, 15) is 14.4 Å². The van der Waals surface area contributed by atoms with Crippen LogP contribution >= 0.6 is 0 Å². The van der Waals surface area contributed by atoms with Gasteiger partial charge in [0.15, 0.2) is 6.10 Å². The highest BCUT2D eigenvalue weighted by Gasteiger charge is 2.19. The van der Waals surface area contributed by atoms with Crippen molar-refractivity contribution in [1.82, 2.24) is 0 Å². The fourth-order valence-corrected chi connectivity index (χ4v) is 8.44. The molecular formula is C71H116O6. The summed E-state index contributed by atoms with van der Waals surface area (Å²) in [5, 5.41) is 0. The quantitative estimate of drug-likeness (QED) is 0.0261. The van der Waals surface area contributed by atoms with Gasteiger partial charge in [0.2, 0.25) is 0 Å². The van der Waals surface area contributed by atoms with Crippen molar-refractivity contribution in [2.24, 2.45) is 0 Å². The number of unbranched alkanes of at least 4 members (excludes halogenated alkanes) is 23. The molecule has 1 unspecified atom stereocenters. The fraction of sp³-hybridized carbons (Fsp3) is 0.648. The van der Waals surface area contributed by atoms with Crippen LogP contribution in [0, 0.1) is 0 Å². The van der Waals surface area contributed by atoms with Gasteiger partial charge in [-0.25, -0.2) is 0 Å². The van der Waals surface area contributed by atoms with Gasteiger partial charge in [0.05, 0.1) is 0 Å². The number of carbonyl (C=O) groups is 3. The van der Waals surface area contributed by atoms with Crippen LogP contribution in [0.15, 0.2) is 134 Å². The van der Waals surface area contributed by atoms with Gasteiger partial charge in [0, 0.05) is 19.3 Å². The number of rotatable bonds is 56. The van der Waals surface area contributed by atoms with Gasteiger partial charge in [-0.3, -0.25) is 14.4 Å². The third kappa shape index (κ3) is 62.3. The van der Waals surface area contributed by atoms with Crippen molar-refractivity contribution in [3.05, 3.63) is 134 Å². The highest BCUT2D eigenvalue weighted by atomic mass is 16.6. The molecule has 0 saturated heterocycles. The molecule has 0 bridgehead atoms. The number of hydrogen-bond donors (Lipinski definition) is 0. The molecule has 0 radical (unpaired) electrons. The lowest BCUT2D eigenvalue weighted by Crippen LogP contribution is -2.30. The van der Waals surface area contributed by atoms with Crippen LogP contribution in [0.25, 0.3) is 0 Å². The van der Waals surface area contributed by atoms with Crippen molar-refractivity contribution in [1.29, 1.82) is 0 Å². The molecule has 0 aliphatic rings. The van der Waals surface area contributed by atoms with E-state index >= 15 is 0 Å². The molecule has 0 saturated carbocycles. The van der Waals surface area contributed by atoms with Crippen LogP contribution in [0.5, 0.6) is 0 Å². The second kappa shape index (κ2) is 64.1. The first-order valence-corrected chi connectivity index (χ1v) is 31.7. The van der Waals surface area contributed by atoms with Crippen LogP contribution in [-0.2, 0) is 28.6 Å². The first kappa shape index (κ1) is 72.5. The van der Waals surface area contributed by atoms with Gasteiger partial charge in [-0.2, -0.15) is 0 Å². The molecule has 0 aromatic heterocycles. The zero-order valence-electron chi connectivity index (χ0n) is 49.9. The topological polar surface area (TPSA) is 78.9 Å².